The maximum atomic E-state index is 12.2. The Hall–Kier alpha value is -1.30. The van der Waals surface area contributed by atoms with Crippen LogP contribution in [0.4, 0.5) is 13.2 Å². The number of carbonyl (C=O) groups is 1. The van der Waals surface area contributed by atoms with E-state index in [1.54, 1.807) is 0 Å². The van der Waals surface area contributed by atoms with E-state index in [1.165, 1.54) is 19.1 Å². The van der Waals surface area contributed by atoms with E-state index in [0.717, 1.165) is 6.20 Å². The molecule has 0 aliphatic rings. The van der Waals surface area contributed by atoms with Crippen LogP contribution >= 0.6 is 11.6 Å². The van der Waals surface area contributed by atoms with Crippen molar-refractivity contribution >= 4 is 17.5 Å². The van der Waals surface area contributed by atoms with Gasteiger partial charge in [-0.25, -0.2) is 4.98 Å². The zero-order valence-electron chi connectivity index (χ0n) is 8.96. The Balaban J connectivity index is 2.83. The maximum Gasteiger partial charge on any atom is 0.406 e. The van der Waals surface area contributed by atoms with Gasteiger partial charge in [-0.05, 0) is 19.1 Å². The average Bonchev–Trinajstić information content (AvgIpc) is 2.25. The van der Waals surface area contributed by atoms with Crippen LogP contribution in [-0.2, 0) is 0 Å². The summed E-state index contributed by atoms with van der Waals surface area (Å²) in [6.45, 7) is 0.179. The number of alkyl halides is 3. The highest BCUT2D eigenvalue weighted by Gasteiger charge is 2.32. The van der Waals surface area contributed by atoms with Crippen molar-refractivity contribution in [2.45, 2.75) is 13.1 Å². The van der Waals surface area contributed by atoms with E-state index in [0.29, 0.717) is 4.90 Å². The number of amides is 1. The van der Waals surface area contributed by atoms with Gasteiger partial charge in [0.05, 0.1) is 5.56 Å². The van der Waals surface area contributed by atoms with Crippen LogP contribution in [0.1, 0.15) is 17.3 Å². The number of carbonyl (C=O) groups excluding carboxylic acids is 1. The van der Waals surface area contributed by atoms with Gasteiger partial charge in [-0.1, -0.05) is 11.6 Å². The Morgan fingerprint density at radius 2 is 2.12 bits per heavy atom. The number of hydrogen-bond donors (Lipinski definition) is 0. The third-order valence-electron chi connectivity index (χ3n) is 2.01. The SMILES string of the molecule is CCN(CC(F)(F)F)C(=O)c1ccc(Cl)nc1. The molecule has 17 heavy (non-hydrogen) atoms. The molecule has 1 amide bonds. The Morgan fingerprint density at radius 3 is 2.53 bits per heavy atom. The van der Waals surface area contributed by atoms with Gasteiger partial charge in [0, 0.05) is 12.7 Å². The lowest BCUT2D eigenvalue weighted by atomic mass is 10.2. The number of pyridine rings is 1. The van der Waals surface area contributed by atoms with Crippen molar-refractivity contribution in [2.24, 2.45) is 0 Å². The molecule has 1 heterocycles. The summed E-state index contributed by atoms with van der Waals surface area (Å²) in [7, 11) is 0. The van der Waals surface area contributed by atoms with Crippen LogP contribution < -0.4 is 0 Å². The highest BCUT2D eigenvalue weighted by molar-refractivity contribution is 6.29. The summed E-state index contributed by atoms with van der Waals surface area (Å²) < 4.78 is 36.6. The second kappa shape index (κ2) is 5.35. The van der Waals surface area contributed by atoms with E-state index in [4.69, 9.17) is 11.6 Å². The van der Waals surface area contributed by atoms with Crippen molar-refractivity contribution in [3.05, 3.63) is 29.0 Å². The number of aromatic nitrogens is 1. The smallest absolute Gasteiger partial charge is 0.330 e. The first-order valence-electron chi connectivity index (χ1n) is 4.81. The molecule has 0 aliphatic heterocycles. The van der Waals surface area contributed by atoms with Crippen LogP contribution in [0.25, 0.3) is 0 Å². The Bertz CT molecular complexity index is 392. The molecule has 0 saturated heterocycles. The van der Waals surface area contributed by atoms with Crippen LogP contribution in [0.2, 0.25) is 5.15 Å². The molecule has 1 aromatic rings. The Morgan fingerprint density at radius 1 is 1.47 bits per heavy atom. The van der Waals surface area contributed by atoms with Crippen LogP contribution in [0, 0.1) is 0 Å². The predicted octanol–water partition coefficient (Wildman–Crippen LogP) is 2.76. The first-order valence-corrected chi connectivity index (χ1v) is 5.19. The lowest BCUT2D eigenvalue weighted by Gasteiger charge is -2.22. The molecule has 0 saturated carbocycles. The van der Waals surface area contributed by atoms with Gasteiger partial charge in [0.25, 0.3) is 5.91 Å². The third-order valence-corrected chi connectivity index (χ3v) is 2.24. The quantitative estimate of drug-likeness (QED) is 0.788. The monoisotopic (exact) mass is 266 g/mol. The largest absolute Gasteiger partial charge is 0.406 e. The minimum atomic E-state index is -4.41. The molecule has 3 nitrogen and oxygen atoms in total. The molecule has 0 unspecified atom stereocenters. The minimum Gasteiger partial charge on any atom is -0.330 e. The summed E-state index contributed by atoms with van der Waals surface area (Å²) in [4.78, 5) is 16.1. The highest BCUT2D eigenvalue weighted by Crippen LogP contribution is 2.18. The molecule has 1 aromatic heterocycles. The second-order valence-electron chi connectivity index (χ2n) is 3.30. The van der Waals surface area contributed by atoms with Crippen LogP contribution in [0.5, 0.6) is 0 Å². The van der Waals surface area contributed by atoms with E-state index >= 15 is 0 Å². The summed E-state index contributed by atoms with van der Waals surface area (Å²) in [6, 6.07) is 2.70. The van der Waals surface area contributed by atoms with Gasteiger partial charge in [-0.15, -0.1) is 0 Å². The molecule has 0 fully saturated rings. The van der Waals surface area contributed by atoms with Gasteiger partial charge < -0.3 is 4.90 Å². The van der Waals surface area contributed by atoms with Gasteiger partial charge in [-0.2, -0.15) is 13.2 Å². The Labute approximate surface area is 101 Å². The van der Waals surface area contributed by atoms with Crippen LogP contribution in [0.3, 0.4) is 0 Å². The van der Waals surface area contributed by atoms with E-state index in [1.807, 2.05) is 0 Å². The zero-order valence-corrected chi connectivity index (χ0v) is 9.72. The minimum absolute atomic E-state index is 0.0268. The van der Waals surface area contributed by atoms with Crippen LogP contribution in [-0.4, -0.2) is 35.1 Å². The lowest BCUT2D eigenvalue weighted by molar-refractivity contribution is -0.140. The molecule has 1 rings (SSSR count). The number of halogens is 4. The second-order valence-corrected chi connectivity index (χ2v) is 3.69. The van der Waals surface area contributed by atoms with Gasteiger partial charge in [0.2, 0.25) is 0 Å². The number of rotatable bonds is 3. The highest BCUT2D eigenvalue weighted by atomic mass is 35.5. The fourth-order valence-electron chi connectivity index (χ4n) is 1.23. The standard InChI is InChI=1S/C10H10ClF3N2O/c1-2-16(6-10(12,13)14)9(17)7-3-4-8(11)15-5-7/h3-5H,2,6H2,1H3. The third kappa shape index (κ3) is 4.22. The molecule has 0 aliphatic carbocycles. The number of hydrogen-bond acceptors (Lipinski definition) is 2. The van der Waals surface area contributed by atoms with Crippen molar-refractivity contribution < 1.29 is 18.0 Å². The lowest BCUT2D eigenvalue weighted by Crippen LogP contribution is -2.38. The summed E-state index contributed by atoms with van der Waals surface area (Å²) >= 11 is 5.52. The maximum absolute atomic E-state index is 12.2. The van der Waals surface area contributed by atoms with Gasteiger partial charge in [0.1, 0.15) is 11.7 Å². The van der Waals surface area contributed by atoms with E-state index < -0.39 is 18.6 Å². The molecular formula is C10H10ClF3N2O. The average molecular weight is 267 g/mol. The predicted molar refractivity (Wildman–Crippen MR) is 56.9 cm³/mol. The van der Waals surface area contributed by atoms with Crippen molar-refractivity contribution in [3.8, 4) is 0 Å². The van der Waals surface area contributed by atoms with E-state index in [-0.39, 0.29) is 17.3 Å². The molecule has 0 atom stereocenters. The molecule has 0 aromatic carbocycles. The fraction of sp³-hybridized carbons (Fsp3) is 0.400. The molecule has 7 heteroatoms. The molecule has 0 radical (unpaired) electrons. The Kier molecular flexibility index (Phi) is 4.34. The molecule has 94 valence electrons. The summed E-state index contributed by atoms with van der Waals surface area (Å²) in [6.07, 6.45) is -3.25. The number of nitrogens with zero attached hydrogens (tertiary/aromatic N) is 2. The fourth-order valence-corrected chi connectivity index (χ4v) is 1.34. The first-order chi connectivity index (χ1) is 7.83. The molecule has 0 N–H and O–H groups in total. The summed E-state index contributed by atoms with van der Waals surface area (Å²) in [5.41, 5.74) is 0.0838. The van der Waals surface area contributed by atoms with Crippen molar-refractivity contribution in [1.29, 1.82) is 0 Å². The molecular weight excluding hydrogens is 257 g/mol. The van der Waals surface area contributed by atoms with E-state index in [9.17, 15) is 18.0 Å². The topological polar surface area (TPSA) is 33.2 Å². The van der Waals surface area contributed by atoms with Gasteiger partial charge in [0.15, 0.2) is 0 Å². The normalized spacial score (nSPS) is 11.4. The summed E-state index contributed by atoms with van der Waals surface area (Å²) in [5.74, 6) is -0.714. The van der Waals surface area contributed by atoms with E-state index in [2.05, 4.69) is 4.98 Å². The molecule has 0 bridgehead atoms. The first kappa shape index (κ1) is 13.8. The summed E-state index contributed by atoms with van der Waals surface area (Å²) in [5, 5.41) is 0.181. The van der Waals surface area contributed by atoms with Gasteiger partial charge in [-0.3, -0.25) is 4.79 Å². The zero-order chi connectivity index (χ0) is 13.1. The van der Waals surface area contributed by atoms with Crippen molar-refractivity contribution in [3.63, 3.8) is 0 Å². The van der Waals surface area contributed by atoms with Crippen molar-refractivity contribution in [2.75, 3.05) is 13.1 Å². The van der Waals surface area contributed by atoms with Gasteiger partial charge >= 0.3 is 6.18 Å². The van der Waals surface area contributed by atoms with Crippen LogP contribution in [0.15, 0.2) is 18.3 Å². The van der Waals surface area contributed by atoms with Crippen molar-refractivity contribution in [1.82, 2.24) is 9.88 Å². The molecule has 0 spiro atoms.